The van der Waals surface area contributed by atoms with Crippen molar-refractivity contribution in [3.63, 3.8) is 0 Å². The van der Waals surface area contributed by atoms with Crippen LogP contribution in [0.1, 0.15) is 0 Å². The molecule has 0 saturated carbocycles. The van der Waals surface area contributed by atoms with Crippen LogP contribution in [0, 0.1) is 0 Å². The zero-order chi connectivity index (χ0) is 12.4. The molecular formula is C11H5Br3ClNO. The van der Waals surface area contributed by atoms with Gasteiger partial charge in [-0.3, -0.25) is 4.98 Å². The van der Waals surface area contributed by atoms with E-state index in [1.54, 1.807) is 18.5 Å². The molecule has 17 heavy (non-hydrogen) atoms. The van der Waals surface area contributed by atoms with Gasteiger partial charge in [-0.2, -0.15) is 0 Å². The third kappa shape index (κ3) is 3.22. The van der Waals surface area contributed by atoms with Gasteiger partial charge < -0.3 is 4.74 Å². The summed E-state index contributed by atoms with van der Waals surface area (Å²) in [5.74, 6) is 1.27. The van der Waals surface area contributed by atoms with E-state index in [9.17, 15) is 0 Å². The van der Waals surface area contributed by atoms with Gasteiger partial charge in [0.2, 0.25) is 0 Å². The predicted octanol–water partition coefficient (Wildman–Crippen LogP) is 5.81. The molecule has 1 heterocycles. The van der Waals surface area contributed by atoms with E-state index in [1.807, 2.05) is 12.1 Å². The minimum atomic E-state index is 0.537. The fourth-order valence-corrected chi connectivity index (χ4v) is 2.68. The number of hydrogen-bond donors (Lipinski definition) is 0. The molecule has 2 aromatic rings. The highest BCUT2D eigenvalue weighted by Crippen LogP contribution is 2.39. The van der Waals surface area contributed by atoms with Crippen LogP contribution in [0.3, 0.4) is 0 Å². The normalized spacial score (nSPS) is 10.4. The molecule has 0 aliphatic carbocycles. The summed E-state index contributed by atoms with van der Waals surface area (Å²) in [5, 5.41) is 0.537. The molecule has 0 N–H and O–H groups in total. The first-order valence-electron chi connectivity index (χ1n) is 4.50. The topological polar surface area (TPSA) is 22.1 Å². The first-order valence-corrected chi connectivity index (χ1v) is 7.25. The lowest BCUT2D eigenvalue weighted by Crippen LogP contribution is -1.87. The van der Waals surface area contributed by atoms with Crippen LogP contribution in [0.4, 0.5) is 0 Å². The number of halogens is 4. The minimum absolute atomic E-state index is 0.537. The number of pyridine rings is 1. The second-order valence-electron chi connectivity index (χ2n) is 3.11. The minimum Gasteiger partial charge on any atom is -0.454 e. The number of ether oxygens (including phenoxy) is 1. The van der Waals surface area contributed by atoms with Crippen LogP contribution in [0.15, 0.2) is 44.0 Å². The summed E-state index contributed by atoms with van der Waals surface area (Å²) in [4.78, 5) is 3.96. The van der Waals surface area contributed by atoms with E-state index in [1.165, 1.54) is 0 Å². The first-order chi connectivity index (χ1) is 8.08. The number of benzene rings is 1. The van der Waals surface area contributed by atoms with Crippen LogP contribution < -0.4 is 4.74 Å². The summed E-state index contributed by atoms with van der Waals surface area (Å²) in [6.07, 6.45) is 3.16. The van der Waals surface area contributed by atoms with Crippen molar-refractivity contribution in [3.8, 4) is 11.5 Å². The average Bonchev–Trinajstić information content (AvgIpc) is 2.30. The average molecular weight is 442 g/mol. The Bertz CT molecular complexity index is 562. The molecule has 0 spiro atoms. The zero-order valence-corrected chi connectivity index (χ0v) is 13.8. The summed E-state index contributed by atoms with van der Waals surface area (Å²) in [6.45, 7) is 0. The maximum Gasteiger partial charge on any atom is 0.147 e. The molecule has 0 amide bonds. The van der Waals surface area contributed by atoms with Crippen molar-refractivity contribution in [1.82, 2.24) is 4.98 Å². The summed E-state index contributed by atoms with van der Waals surface area (Å²) in [7, 11) is 0. The van der Waals surface area contributed by atoms with Gasteiger partial charge in [0.05, 0.1) is 15.7 Å². The number of hydrogen-bond acceptors (Lipinski definition) is 2. The quantitative estimate of drug-likeness (QED) is 0.548. The Morgan fingerprint density at radius 2 is 1.82 bits per heavy atom. The fraction of sp³-hybridized carbons (Fsp3) is 0. The van der Waals surface area contributed by atoms with E-state index in [0.29, 0.717) is 16.5 Å². The van der Waals surface area contributed by atoms with Crippen molar-refractivity contribution in [3.05, 3.63) is 49.0 Å². The van der Waals surface area contributed by atoms with Gasteiger partial charge in [0.1, 0.15) is 11.5 Å². The molecule has 0 aliphatic heterocycles. The lowest BCUT2D eigenvalue weighted by atomic mass is 10.3. The highest BCUT2D eigenvalue weighted by atomic mass is 79.9. The molecule has 0 fully saturated rings. The molecule has 6 heteroatoms. The SMILES string of the molecule is Clc1cncc(Oc2ccc(Br)c(Br)c2Br)c1. The van der Waals surface area contributed by atoms with Crippen LogP contribution in [-0.4, -0.2) is 4.98 Å². The Morgan fingerprint density at radius 3 is 2.53 bits per heavy atom. The molecule has 2 nitrogen and oxygen atoms in total. The monoisotopic (exact) mass is 439 g/mol. The van der Waals surface area contributed by atoms with Crippen LogP contribution in [0.2, 0.25) is 5.02 Å². The third-order valence-electron chi connectivity index (χ3n) is 1.91. The van der Waals surface area contributed by atoms with Crippen molar-refractivity contribution in [2.24, 2.45) is 0 Å². The molecular weight excluding hydrogens is 437 g/mol. The van der Waals surface area contributed by atoms with Crippen LogP contribution in [0.25, 0.3) is 0 Å². The van der Waals surface area contributed by atoms with Gasteiger partial charge in [-0.25, -0.2) is 0 Å². The Hall–Kier alpha value is -0.100. The lowest BCUT2D eigenvalue weighted by Gasteiger charge is -2.09. The van der Waals surface area contributed by atoms with E-state index < -0.39 is 0 Å². The van der Waals surface area contributed by atoms with Gasteiger partial charge in [-0.05, 0) is 59.9 Å². The number of nitrogens with zero attached hydrogens (tertiary/aromatic N) is 1. The number of rotatable bonds is 2. The van der Waals surface area contributed by atoms with Crippen LogP contribution in [0.5, 0.6) is 11.5 Å². The molecule has 0 radical (unpaired) electrons. The highest BCUT2D eigenvalue weighted by molar-refractivity contribution is 9.14. The Labute approximate surface area is 129 Å². The van der Waals surface area contributed by atoms with Gasteiger partial charge in [0.25, 0.3) is 0 Å². The maximum absolute atomic E-state index is 5.84. The summed E-state index contributed by atoms with van der Waals surface area (Å²) in [6, 6.07) is 5.44. The Balaban J connectivity index is 2.34. The van der Waals surface area contributed by atoms with Gasteiger partial charge in [0, 0.05) is 21.2 Å². The maximum atomic E-state index is 5.84. The van der Waals surface area contributed by atoms with E-state index in [-0.39, 0.29) is 0 Å². The second kappa shape index (κ2) is 5.69. The Morgan fingerprint density at radius 1 is 1.06 bits per heavy atom. The molecule has 2 rings (SSSR count). The molecule has 0 unspecified atom stereocenters. The second-order valence-corrected chi connectivity index (χ2v) is 5.99. The summed E-state index contributed by atoms with van der Waals surface area (Å²) in [5.41, 5.74) is 0. The van der Waals surface area contributed by atoms with E-state index in [2.05, 4.69) is 52.8 Å². The zero-order valence-electron chi connectivity index (χ0n) is 8.25. The van der Waals surface area contributed by atoms with Crippen molar-refractivity contribution in [1.29, 1.82) is 0 Å². The lowest BCUT2D eigenvalue weighted by molar-refractivity contribution is 0.477. The Kier molecular flexibility index (Phi) is 4.47. The molecule has 0 bridgehead atoms. The van der Waals surface area contributed by atoms with Gasteiger partial charge >= 0.3 is 0 Å². The van der Waals surface area contributed by atoms with Gasteiger partial charge in [-0.1, -0.05) is 11.6 Å². The highest BCUT2D eigenvalue weighted by Gasteiger charge is 2.09. The number of aromatic nitrogens is 1. The smallest absolute Gasteiger partial charge is 0.147 e. The van der Waals surface area contributed by atoms with Crippen LogP contribution >= 0.6 is 59.4 Å². The molecule has 0 atom stereocenters. The molecule has 1 aromatic heterocycles. The predicted molar refractivity (Wildman–Crippen MR) is 78.9 cm³/mol. The molecule has 88 valence electrons. The van der Waals surface area contributed by atoms with Gasteiger partial charge in [0.15, 0.2) is 0 Å². The molecule has 1 aromatic carbocycles. The van der Waals surface area contributed by atoms with Crippen molar-refractivity contribution in [2.75, 3.05) is 0 Å². The van der Waals surface area contributed by atoms with Crippen LogP contribution in [-0.2, 0) is 0 Å². The standard InChI is InChI=1S/C11H5Br3ClNO/c12-8-1-2-9(11(14)10(8)13)17-7-3-6(15)4-16-5-7/h1-5H. The van der Waals surface area contributed by atoms with E-state index >= 15 is 0 Å². The van der Waals surface area contributed by atoms with Gasteiger partial charge in [-0.15, -0.1) is 0 Å². The third-order valence-corrected chi connectivity index (χ3v) is 5.45. The molecule has 0 saturated heterocycles. The summed E-state index contributed by atoms with van der Waals surface area (Å²) < 4.78 is 8.35. The van der Waals surface area contributed by atoms with E-state index in [0.717, 1.165) is 13.4 Å². The largest absolute Gasteiger partial charge is 0.454 e. The van der Waals surface area contributed by atoms with E-state index in [4.69, 9.17) is 16.3 Å². The first kappa shape index (κ1) is 13.3. The van der Waals surface area contributed by atoms with Crippen molar-refractivity contribution in [2.45, 2.75) is 0 Å². The van der Waals surface area contributed by atoms with Crippen molar-refractivity contribution >= 4 is 59.4 Å². The summed E-state index contributed by atoms with van der Waals surface area (Å²) >= 11 is 16.1. The fourth-order valence-electron chi connectivity index (χ4n) is 1.16. The molecule has 0 aliphatic rings. The van der Waals surface area contributed by atoms with Crippen molar-refractivity contribution < 1.29 is 4.74 Å².